The third kappa shape index (κ3) is 3.36. The van der Waals surface area contributed by atoms with E-state index in [4.69, 9.17) is 28.3 Å². The zero-order valence-corrected chi connectivity index (χ0v) is 9.27. The summed E-state index contributed by atoms with van der Waals surface area (Å²) < 4.78 is 12.8. The average Bonchev–Trinajstić information content (AvgIpc) is 2.09. The molecule has 1 aromatic carbocycles. The van der Waals surface area contributed by atoms with Crippen molar-refractivity contribution in [3.8, 4) is 0 Å². The van der Waals surface area contributed by atoms with Gasteiger partial charge in [-0.05, 0) is 12.1 Å². The van der Waals surface area contributed by atoms with Gasteiger partial charge in [0, 0.05) is 0 Å². The second-order valence-corrected chi connectivity index (χ2v) is 3.68. The fourth-order valence-corrected chi connectivity index (χ4v) is 1.54. The molecular formula is C9H6Cl2FNO3. The minimum atomic E-state index is -1.29. The number of hydrogen-bond donors (Lipinski definition) is 2. The van der Waals surface area contributed by atoms with Crippen LogP contribution in [0.5, 0.6) is 0 Å². The lowest BCUT2D eigenvalue weighted by Gasteiger charge is -2.08. The first-order chi connectivity index (χ1) is 7.40. The minimum Gasteiger partial charge on any atom is -0.481 e. The molecule has 0 heterocycles. The van der Waals surface area contributed by atoms with Crippen molar-refractivity contribution >= 4 is 40.8 Å². The number of rotatable bonds is 3. The maximum atomic E-state index is 12.8. The normalized spacial score (nSPS) is 9.94. The molecular weight excluding hydrogens is 260 g/mol. The summed E-state index contributed by atoms with van der Waals surface area (Å²) >= 11 is 11.3. The molecule has 0 atom stereocenters. The van der Waals surface area contributed by atoms with Crippen LogP contribution in [0.3, 0.4) is 0 Å². The maximum Gasteiger partial charge on any atom is 0.312 e. The predicted molar refractivity (Wildman–Crippen MR) is 57.3 cm³/mol. The lowest BCUT2D eigenvalue weighted by Crippen LogP contribution is -2.16. The Labute approximate surface area is 100.0 Å². The molecule has 86 valence electrons. The van der Waals surface area contributed by atoms with Gasteiger partial charge in [-0.2, -0.15) is 0 Å². The molecule has 0 radical (unpaired) electrons. The summed E-state index contributed by atoms with van der Waals surface area (Å²) in [6.07, 6.45) is -0.718. The van der Waals surface area contributed by atoms with Crippen molar-refractivity contribution in [1.29, 1.82) is 0 Å². The number of halogens is 3. The topological polar surface area (TPSA) is 66.4 Å². The molecule has 4 nitrogen and oxygen atoms in total. The van der Waals surface area contributed by atoms with Crippen LogP contribution in [-0.2, 0) is 9.59 Å². The Hall–Kier alpha value is -1.33. The van der Waals surface area contributed by atoms with E-state index in [-0.39, 0.29) is 15.7 Å². The van der Waals surface area contributed by atoms with E-state index in [1.54, 1.807) is 0 Å². The number of carbonyl (C=O) groups excluding carboxylic acids is 1. The first-order valence-corrected chi connectivity index (χ1v) is 4.82. The zero-order chi connectivity index (χ0) is 12.3. The Morgan fingerprint density at radius 2 is 1.81 bits per heavy atom. The Morgan fingerprint density at radius 1 is 1.31 bits per heavy atom. The summed E-state index contributed by atoms with van der Waals surface area (Å²) in [7, 11) is 0. The van der Waals surface area contributed by atoms with E-state index in [0.717, 1.165) is 12.1 Å². The van der Waals surface area contributed by atoms with Gasteiger partial charge in [-0.15, -0.1) is 0 Å². The number of aliphatic carboxylic acids is 1. The molecule has 0 aliphatic heterocycles. The van der Waals surface area contributed by atoms with E-state index in [1.165, 1.54) is 0 Å². The average molecular weight is 266 g/mol. The monoisotopic (exact) mass is 265 g/mol. The highest BCUT2D eigenvalue weighted by molar-refractivity contribution is 6.39. The Morgan fingerprint density at radius 3 is 2.25 bits per heavy atom. The maximum absolute atomic E-state index is 12.8. The van der Waals surface area contributed by atoms with Crippen molar-refractivity contribution in [2.24, 2.45) is 0 Å². The van der Waals surface area contributed by atoms with Gasteiger partial charge in [-0.25, -0.2) is 4.39 Å². The zero-order valence-electron chi connectivity index (χ0n) is 7.76. The van der Waals surface area contributed by atoms with Crippen molar-refractivity contribution in [2.45, 2.75) is 6.42 Å². The fraction of sp³-hybridized carbons (Fsp3) is 0.111. The highest BCUT2D eigenvalue weighted by atomic mass is 35.5. The van der Waals surface area contributed by atoms with Crippen LogP contribution < -0.4 is 5.32 Å². The van der Waals surface area contributed by atoms with E-state index < -0.39 is 24.1 Å². The van der Waals surface area contributed by atoms with Crippen molar-refractivity contribution in [1.82, 2.24) is 0 Å². The van der Waals surface area contributed by atoms with Gasteiger partial charge in [0.15, 0.2) is 0 Å². The lowest BCUT2D eigenvalue weighted by atomic mass is 10.3. The van der Waals surface area contributed by atoms with Crippen LogP contribution in [0.4, 0.5) is 10.1 Å². The number of amides is 1. The van der Waals surface area contributed by atoms with Crippen molar-refractivity contribution in [3.63, 3.8) is 0 Å². The third-order valence-corrected chi connectivity index (χ3v) is 2.18. The molecule has 1 aromatic rings. The molecule has 0 fully saturated rings. The van der Waals surface area contributed by atoms with Crippen LogP contribution in [-0.4, -0.2) is 17.0 Å². The van der Waals surface area contributed by atoms with Gasteiger partial charge in [0.05, 0.1) is 15.7 Å². The van der Waals surface area contributed by atoms with Crippen molar-refractivity contribution in [2.75, 3.05) is 5.32 Å². The first-order valence-electron chi connectivity index (χ1n) is 4.06. The standard InChI is InChI=1S/C9H6Cl2FNO3/c10-5-1-4(12)2-6(11)9(5)13-7(14)3-8(15)16/h1-2H,3H2,(H,13,14)(H,15,16). The van der Waals surface area contributed by atoms with Crippen LogP contribution in [0, 0.1) is 5.82 Å². The molecule has 0 aromatic heterocycles. The molecule has 0 aliphatic rings. The number of carboxylic acid groups (broad SMARTS) is 1. The van der Waals surface area contributed by atoms with Gasteiger partial charge in [0.2, 0.25) is 5.91 Å². The third-order valence-electron chi connectivity index (χ3n) is 1.58. The minimum absolute atomic E-state index is 0.00372. The van der Waals surface area contributed by atoms with Gasteiger partial charge >= 0.3 is 5.97 Å². The predicted octanol–water partition coefficient (Wildman–Crippen LogP) is 2.55. The quantitative estimate of drug-likeness (QED) is 0.826. The van der Waals surface area contributed by atoms with Crippen LogP contribution in [0.2, 0.25) is 10.0 Å². The van der Waals surface area contributed by atoms with Gasteiger partial charge in [0.25, 0.3) is 0 Å². The smallest absolute Gasteiger partial charge is 0.312 e. The van der Waals surface area contributed by atoms with Crippen molar-refractivity contribution < 1.29 is 19.1 Å². The second-order valence-electron chi connectivity index (χ2n) is 2.86. The van der Waals surface area contributed by atoms with Crippen molar-refractivity contribution in [3.05, 3.63) is 28.0 Å². The van der Waals surface area contributed by atoms with E-state index in [1.807, 2.05) is 0 Å². The van der Waals surface area contributed by atoms with Crippen LogP contribution in [0.1, 0.15) is 6.42 Å². The summed E-state index contributed by atoms with van der Waals surface area (Å²) in [4.78, 5) is 21.3. The number of nitrogens with one attached hydrogen (secondary N) is 1. The molecule has 1 amide bonds. The summed E-state index contributed by atoms with van der Waals surface area (Å²) in [5, 5.41) is 10.4. The van der Waals surface area contributed by atoms with E-state index >= 15 is 0 Å². The molecule has 0 saturated carbocycles. The number of hydrogen-bond acceptors (Lipinski definition) is 2. The second kappa shape index (κ2) is 5.14. The van der Waals surface area contributed by atoms with Gasteiger partial charge in [0.1, 0.15) is 12.2 Å². The van der Waals surface area contributed by atoms with E-state index in [0.29, 0.717) is 0 Å². The lowest BCUT2D eigenvalue weighted by molar-refractivity contribution is -0.139. The number of carbonyl (C=O) groups is 2. The fourth-order valence-electron chi connectivity index (χ4n) is 0.983. The summed E-state index contributed by atoms with van der Waals surface area (Å²) in [5.74, 6) is -2.72. The van der Waals surface area contributed by atoms with Crippen LogP contribution in [0.15, 0.2) is 12.1 Å². The molecule has 0 bridgehead atoms. The Kier molecular flexibility index (Phi) is 4.09. The van der Waals surface area contributed by atoms with Gasteiger partial charge in [-0.3, -0.25) is 9.59 Å². The number of anilines is 1. The molecule has 1 rings (SSSR count). The Balaban J connectivity index is 2.89. The summed E-state index contributed by atoms with van der Waals surface area (Å²) in [6, 6.07) is 1.92. The highest BCUT2D eigenvalue weighted by Crippen LogP contribution is 2.31. The largest absolute Gasteiger partial charge is 0.481 e. The van der Waals surface area contributed by atoms with E-state index in [9.17, 15) is 14.0 Å². The van der Waals surface area contributed by atoms with Crippen LogP contribution in [0.25, 0.3) is 0 Å². The molecule has 0 aliphatic carbocycles. The number of carboxylic acids is 1. The molecule has 0 saturated heterocycles. The molecule has 2 N–H and O–H groups in total. The number of benzene rings is 1. The molecule has 7 heteroatoms. The van der Waals surface area contributed by atoms with Gasteiger partial charge in [-0.1, -0.05) is 23.2 Å². The molecule has 16 heavy (non-hydrogen) atoms. The first kappa shape index (κ1) is 12.7. The Bertz CT molecular complexity index is 427. The van der Waals surface area contributed by atoms with E-state index in [2.05, 4.69) is 5.32 Å². The SMILES string of the molecule is O=C(O)CC(=O)Nc1c(Cl)cc(F)cc1Cl. The summed E-state index contributed by atoms with van der Waals surface area (Å²) in [6.45, 7) is 0. The van der Waals surface area contributed by atoms with Gasteiger partial charge < -0.3 is 10.4 Å². The van der Waals surface area contributed by atoms with Crippen LogP contribution >= 0.6 is 23.2 Å². The summed E-state index contributed by atoms with van der Waals surface area (Å²) in [5.41, 5.74) is -0.00372. The highest BCUT2D eigenvalue weighted by Gasteiger charge is 2.13. The molecule has 0 spiro atoms. The molecule has 0 unspecified atom stereocenters.